The molecule has 0 unspecified atom stereocenters. The van der Waals surface area contributed by atoms with E-state index in [4.69, 9.17) is 11.6 Å². The molecule has 0 radical (unpaired) electrons. The summed E-state index contributed by atoms with van der Waals surface area (Å²) < 4.78 is 63.6. The topological polar surface area (TPSA) is 66.5 Å². The van der Waals surface area contributed by atoms with Crippen LogP contribution in [-0.4, -0.2) is 37.5 Å². The van der Waals surface area contributed by atoms with E-state index in [1.165, 1.54) is 0 Å². The lowest BCUT2D eigenvalue weighted by atomic mass is 9.95. The summed E-state index contributed by atoms with van der Waals surface area (Å²) in [5.41, 5.74) is -1.16. The molecule has 1 aliphatic carbocycles. The minimum absolute atomic E-state index is 0.0603. The fourth-order valence-corrected chi connectivity index (χ4v) is 4.28. The predicted octanol–water partition coefficient (Wildman–Crippen LogP) is 3.89. The zero-order valence-electron chi connectivity index (χ0n) is 14.1. The van der Waals surface area contributed by atoms with Crippen molar-refractivity contribution in [2.24, 2.45) is 0 Å². The van der Waals surface area contributed by atoms with E-state index in [1.54, 1.807) is 0 Å². The first kappa shape index (κ1) is 21.0. The lowest BCUT2D eigenvalue weighted by Gasteiger charge is -2.31. The van der Waals surface area contributed by atoms with Crippen molar-refractivity contribution in [2.45, 2.75) is 44.3 Å². The van der Waals surface area contributed by atoms with Gasteiger partial charge in [-0.05, 0) is 31.0 Å². The third-order valence-electron chi connectivity index (χ3n) is 4.28. The standard InChI is InChI=1S/C16H20ClF3N2O3S/c1-26(24,25)22(12-5-3-2-4-6-12)10-15(23)21-14-9-11(16(18,19)20)7-8-13(14)17/h7-9,12H,2-6,10H2,1H3,(H,21,23). The Hall–Kier alpha value is -1.32. The maximum atomic E-state index is 12.8. The summed E-state index contributed by atoms with van der Waals surface area (Å²) in [5.74, 6) is -0.734. The molecule has 2 rings (SSSR count). The van der Waals surface area contributed by atoms with E-state index in [9.17, 15) is 26.4 Å². The number of sulfonamides is 1. The number of nitrogens with zero attached hydrogens (tertiary/aromatic N) is 1. The number of hydrogen-bond donors (Lipinski definition) is 1. The van der Waals surface area contributed by atoms with E-state index in [-0.39, 0.29) is 16.8 Å². The summed E-state index contributed by atoms with van der Waals surface area (Å²) in [5, 5.41) is 2.23. The normalized spacial score (nSPS) is 16.7. The number of halogens is 4. The van der Waals surface area contributed by atoms with E-state index >= 15 is 0 Å². The summed E-state index contributed by atoms with van der Waals surface area (Å²) in [6, 6.07) is 2.30. The molecule has 10 heteroatoms. The Kier molecular flexibility index (Phi) is 6.57. The maximum Gasteiger partial charge on any atom is 0.416 e. The summed E-state index contributed by atoms with van der Waals surface area (Å²) in [6.07, 6.45) is 0.516. The second-order valence-corrected chi connectivity index (χ2v) is 8.68. The number of carbonyl (C=O) groups excluding carboxylic acids is 1. The van der Waals surface area contributed by atoms with Gasteiger partial charge >= 0.3 is 6.18 Å². The molecule has 0 spiro atoms. The SMILES string of the molecule is CS(=O)(=O)N(CC(=O)Nc1cc(C(F)(F)F)ccc1Cl)C1CCCCC1. The first-order valence-electron chi connectivity index (χ1n) is 8.12. The van der Waals surface area contributed by atoms with Gasteiger partial charge in [0, 0.05) is 6.04 Å². The van der Waals surface area contributed by atoms with Gasteiger partial charge in [-0.25, -0.2) is 8.42 Å². The molecule has 1 N–H and O–H groups in total. The minimum atomic E-state index is -4.58. The highest BCUT2D eigenvalue weighted by molar-refractivity contribution is 7.88. The van der Waals surface area contributed by atoms with Crippen molar-refractivity contribution < 1.29 is 26.4 Å². The molecule has 0 aromatic heterocycles. The van der Waals surface area contributed by atoms with Gasteiger partial charge in [-0.15, -0.1) is 0 Å². The molecule has 1 amide bonds. The van der Waals surface area contributed by atoms with Gasteiger partial charge in [0.05, 0.1) is 29.1 Å². The molecular weight excluding hydrogens is 393 g/mol. The van der Waals surface area contributed by atoms with Crippen LogP contribution in [-0.2, 0) is 21.0 Å². The number of rotatable bonds is 5. The van der Waals surface area contributed by atoms with Crippen LogP contribution in [0.5, 0.6) is 0 Å². The number of nitrogens with one attached hydrogen (secondary N) is 1. The quantitative estimate of drug-likeness (QED) is 0.797. The number of benzene rings is 1. The molecule has 1 aliphatic rings. The van der Waals surface area contributed by atoms with Gasteiger partial charge in [0.1, 0.15) is 0 Å². The fourth-order valence-electron chi connectivity index (χ4n) is 3.01. The van der Waals surface area contributed by atoms with Crippen LogP contribution in [0.25, 0.3) is 0 Å². The third kappa shape index (κ3) is 5.59. The van der Waals surface area contributed by atoms with Crippen molar-refractivity contribution in [2.75, 3.05) is 18.1 Å². The highest BCUT2D eigenvalue weighted by Gasteiger charge is 2.32. The Morgan fingerprint density at radius 3 is 2.42 bits per heavy atom. The molecule has 1 fully saturated rings. The molecule has 1 aromatic carbocycles. The monoisotopic (exact) mass is 412 g/mol. The van der Waals surface area contributed by atoms with E-state index in [1.807, 2.05) is 0 Å². The lowest BCUT2D eigenvalue weighted by Crippen LogP contribution is -2.45. The molecule has 0 saturated heterocycles. The molecule has 26 heavy (non-hydrogen) atoms. The number of hydrogen-bond acceptors (Lipinski definition) is 3. The number of amides is 1. The second-order valence-electron chi connectivity index (χ2n) is 6.34. The Morgan fingerprint density at radius 2 is 1.88 bits per heavy atom. The molecule has 0 aliphatic heterocycles. The van der Waals surface area contributed by atoms with Crippen LogP contribution in [0, 0.1) is 0 Å². The van der Waals surface area contributed by atoms with E-state index in [0.717, 1.165) is 48.0 Å². The van der Waals surface area contributed by atoms with Gasteiger partial charge in [0.2, 0.25) is 15.9 Å². The van der Waals surface area contributed by atoms with Crippen molar-refractivity contribution in [1.29, 1.82) is 0 Å². The molecule has 0 bridgehead atoms. The number of anilines is 1. The second kappa shape index (κ2) is 8.14. The Balaban J connectivity index is 2.15. The Morgan fingerprint density at radius 1 is 1.27 bits per heavy atom. The summed E-state index contributed by atoms with van der Waals surface area (Å²) in [6.45, 7) is -0.462. The van der Waals surface area contributed by atoms with Crippen molar-refractivity contribution >= 4 is 33.2 Å². The highest BCUT2D eigenvalue weighted by Crippen LogP contribution is 2.34. The van der Waals surface area contributed by atoms with Crippen LogP contribution < -0.4 is 5.32 Å². The molecule has 0 atom stereocenters. The van der Waals surface area contributed by atoms with Crippen molar-refractivity contribution in [3.05, 3.63) is 28.8 Å². The van der Waals surface area contributed by atoms with Crippen LogP contribution in [0.2, 0.25) is 5.02 Å². The maximum absolute atomic E-state index is 12.8. The molecule has 1 saturated carbocycles. The van der Waals surface area contributed by atoms with Crippen molar-refractivity contribution in [3.8, 4) is 0 Å². The number of alkyl halides is 3. The average Bonchev–Trinajstić information content (AvgIpc) is 2.53. The summed E-state index contributed by atoms with van der Waals surface area (Å²) >= 11 is 5.85. The van der Waals surface area contributed by atoms with Crippen LogP contribution in [0.1, 0.15) is 37.7 Å². The van der Waals surface area contributed by atoms with Gasteiger partial charge in [-0.3, -0.25) is 4.79 Å². The van der Waals surface area contributed by atoms with Crippen molar-refractivity contribution in [1.82, 2.24) is 4.31 Å². The Bertz CT molecular complexity index is 762. The van der Waals surface area contributed by atoms with E-state index in [0.29, 0.717) is 12.8 Å². The fraction of sp³-hybridized carbons (Fsp3) is 0.562. The zero-order chi connectivity index (χ0) is 19.5. The molecule has 0 heterocycles. The zero-order valence-corrected chi connectivity index (χ0v) is 15.7. The number of carbonyl (C=O) groups is 1. The molecule has 1 aromatic rings. The highest BCUT2D eigenvalue weighted by atomic mass is 35.5. The third-order valence-corrected chi connectivity index (χ3v) is 5.88. The largest absolute Gasteiger partial charge is 0.416 e. The average molecular weight is 413 g/mol. The van der Waals surface area contributed by atoms with Gasteiger partial charge in [-0.1, -0.05) is 30.9 Å². The van der Waals surface area contributed by atoms with Gasteiger partial charge in [0.25, 0.3) is 0 Å². The Labute approximate surface area is 155 Å². The molecule has 5 nitrogen and oxygen atoms in total. The molecule has 146 valence electrons. The van der Waals surface area contributed by atoms with Gasteiger partial charge in [0.15, 0.2) is 0 Å². The first-order valence-corrected chi connectivity index (χ1v) is 10.3. The lowest BCUT2D eigenvalue weighted by molar-refractivity contribution is -0.137. The van der Waals surface area contributed by atoms with Crippen LogP contribution in [0.4, 0.5) is 18.9 Å². The summed E-state index contributed by atoms with van der Waals surface area (Å²) in [7, 11) is -3.63. The first-order chi connectivity index (χ1) is 12.0. The van der Waals surface area contributed by atoms with Gasteiger partial charge < -0.3 is 5.32 Å². The van der Waals surface area contributed by atoms with Crippen LogP contribution in [0.3, 0.4) is 0 Å². The van der Waals surface area contributed by atoms with E-state index in [2.05, 4.69) is 5.32 Å². The summed E-state index contributed by atoms with van der Waals surface area (Å²) in [4.78, 5) is 12.3. The van der Waals surface area contributed by atoms with Crippen LogP contribution >= 0.6 is 11.6 Å². The smallest absolute Gasteiger partial charge is 0.324 e. The predicted molar refractivity (Wildman–Crippen MR) is 93.5 cm³/mol. The minimum Gasteiger partial charge on any atom is -0.324 e. The van der Waals surface area contributed by atoms with Crippen molar-refractivity contribution in [3.63, 3.8) is 0 Å². The van der Waals surface area contributed by atoms with Crippen LogP contribution in [0.15, 0.2) is 18.2 Å². The molecular formula is C16H20ClF3N2O3S. The van der Waals surface area contributed by atoms with Gasteiger partial charge in [-0.2, -0.15) is 17.5 Å². The van der Waals surface area contributed by atoms with E-state index < -0.39 is 34.2 Å².